The van der Waals surface area contributed by atoms with E-state index >= 15 is 0 Å². The molecule has 0 aromatic carbocycles. The van der Waals surface area contributed by atoms with E-state index < -0.39 is 0 Å². The number of nitrogens with zero attached hydrogens (tertiary/aromatic N) is 1. The van der Waals surface area contributed by atoms with Crippen LogP contribution in [0, 0.1) is 5.92 Å². The summed E-state index contributed by atoms with van der Waals surface area (Å²) in [6.45, 7) is 9.77. The predicted octanol–water partition coefficient (Wildman–Crippen LogP) is 1.36. The summed E-state index contributed by atoms with van der Waals surface area (Å²) in [7, 11) is 1.62. The molecular formula is C11H25NO2. The van der Waals surface area contributed by atoms with Gasteiger partial charge in [0.25, 0.3) is 0 Å². The van der Waals surface area contributed by atoms with Gasteiger partial charge in [0.05, 0.1) is 12.7 Å². The Hall–Kier alpha value is -0.120. The van der Waals surface area contributed by atoms with Crippen molar-refractivity contribution >= 4 is 0 Å². The van der Waals surface area contributed by atoms with Gasteiger partial charge in [-0.1, -0.05) is 27.2 Å². The van der Waals surface area contributed by atoms with Gasteiger partial charge in [-0.15, -0.1) is 0 Å². The van der Waals surface area contributed by atoms with Crippen LogP contribution in [0.25, 0.3) is 0 Å². The Labute approximate surface area is 88.1 Å². The molecule has 0 aliphatic rings. The van der Waals surface area contributed by atoms with Crippen molar-refractivity contribution in [3.8, 4) is 0 Å². The molecule has 0 rings (SSSR count). The Morgan fingerprint density at radius 3 is 2.36 bits per heavy atom. The molecule has 0 heterocycles. The van der Waals surface area contributed by atoms with Crippen LogP contribution in [-0.2, 0) is 4.74 Å². The number of likely N-dealkylation sites (N-methyl/N-ethyl adjacent to an activating group) is 1. The van der Waals surface area contributed by atoms with E-state index in [1.165, 1.54) is 6.42 Å². The first kappa shape index (κ1) is 13.9. The predicted molar refractivity (Wildman–Crippen MR) is 59.5 cm³/mol. The van der Waals surface area contributed by atoms with Gasteiger partial charge in [-0.2, -0.15) is 0 Å². The molecule has 0 aliphatic heterocycles. The zero-order valence-corrected chi connectivity index (χ0v) is 9.99. The van der Waals surface area contributed by atoms with Crippen LogP contribution in [0.1, 0.15) is 27.2 Å². The molecule has 0 aromatic heterocycles. The molecular weight excluding hydrogens is 178 g/mol. The Morgan fingerprint density at radius 1 is 1.29 bits per heavy atom. The molecule has 0 aromatic rings. The first-order chi connectivity index (χ1) is 6.63. The third kappa shape index (κ3) is 6.35. The number of aliphatic hydroxyl groups excluding tert-OH is 1. The van der Waals surface area contributed by atoms with Crippen molar-refractivity contribution in [3.05, 3.63) is 0 Å². The summed E-state index contributed by atoms with van der Waals surface area (Å²) in [6.07, 6.45) is 0.834. The van der Waals surface area contributed by atoms with Crippen LogP contribution in [0.3, 0.4) is 0 Å². The number of hydrogen-bond donors (Lipinski definition) is 1. The average Bonchev–Trinajstić information content (AvgIpc) is 2.16. The van der Waals surface area contributed by atoms with E-state index in [0.717, 1.165) is 13.1 Å². The summed E-state index contributed by atoms with van der Waals surface area (Å²) < 4.78 is 4.90. The molecule has 2 unspecified atom stereocenters. The third-order valence-electron chi connectivity index (χ3n) is 2.54. The fourth-order valence-electron chi connectivity index (χ4n) is 1.45. The average molecular weight is 203 g/mol. The first-order valence-electron chi connectivity index (χ1n) is 5.53. The number of methoxy groups -OCH3 is 1. The van der Waals surface area contributed by atoms with Gasteiger partial charge in [0, 0.05) is 20.2 Å². The molecule has 1 N–H and O–H groups in total. The van der Waals surface area contributed by atoms with Gasteiger partial charge < -0.3 is 14.7 Å². The topological polar surface area (TPSA) is 32.7 Å². The van der Waals surface area contributed by atoms with Gasteiger partial charge in [-0.05, 0) is 12.5 Å². The summed E-state index contributed by atoms with van der Waals surface area (Å²) in [5.74, 6) is 0.699. The largest absolute Gasteiger partial charge is 0.389 e. The molecule has 0 spiro atoms. The van der Waals surface area contributed by atoms with E-state index in [9.17, 15) is 5.11 Å². The molecule has 0 fully saturated rings. The van der Waals surface area contributed by atoms with E-state index in [2.05, 4.69) is 25.7 Å². The second kappa shape index (κ2) is 8.21. The second-order valence-corrected chi connectivity index (χ2v) is 3.97. The van der Waals surface area contributed by atoms with Gasteiger partial charge in [0.2, 0.25) is 0 Å². The van der Waals surface area contributed by atoms with Crippen LogP contribution in [0.4, 0.5) is 0 Å². The van der Waals surface area contributed by atoms with Crippen molar-refractivity contribution in [2.75, 3.05) is 33.4 Å². The van der Waals surface area contributed by atoms with Crippen molar-refractivity contribution < 1.29 is 9.84 Å². The monoisotopic (exact) mass is 203 g/mol. The number of rotatable bonds is 8. The van der Waals surface area contributed by atoms with Crippen LogP contribution in [0.15, 0.2) is 0 Å². The summed E-state index contributed by atoms with van der Waals surface area (Å²) in [5, 5.41) is 9.57. The molecule has 0 bridgehead atoms. The van der Waals surface area contributed by atoms with Crippen LogP contribution in [0.5, 0.6) is 0 Å². The molecule has 0 saturated heterocycles. The van der Waals surface area contributed by atoms with E-state index in [1.807, 2.05) is 0 Å². The summed E-state index contributed by atoms with van der Waals surface area (Å²) in [6, 6.07) is 0. The standard InChI is InChI=1S/C11H25NO2/c1-5-10(3)7-12(6-2)8-11(13)9-14-4/h10-11,13H,5-9H2,1-4H3. The van der Waals surface area contributed by atoms with Gasteiger partial charge >= 0.3 is 0 Å². The molecule has 0 amide bonds. The lowest BCUT2D eigenvalue weighted by Crippen LogP contribution is -2.37. The fourth-order valence-corrected chi connectivity index (χ4v) is 1.45. The van der Waals surface area contributed by atoms with Crippen molar-refractivity contribution in [2.45, 2.75) is 33.3 Å². The van der Waals surface area contributed by atoms with Crippen molar-refractivity contribution in [2.24, 2.45) is 5.92 Å². The van der Waals surface area contributed by atoms with Crippen molar-refractivity contribution in [3.63, 3.8) is 0 Å². The molecule has 0 radical (unpaired) electrons. The molecule has 14 heavy (non-hydrogen) atoms. The minimum Gasteiger partial charge on any atom is -0.389 e. The van der Waals surface area contributed by atoms with Crippen LogP contribution in [0.2, 0.25) is 0 Å². The Kier molecular flexibility index (Phi) is 8.14. The molecule has 3 nitrogen and oxygen atoms in total. The van der Waals surface area contributed by atoms with Gasteiger partial charge in [-0.3, -0.25) is 0 Å². The van der Waals surface area contributed by atoms with E-state index in [4.69, 9.17) is 4.74 Å². The molecule has 0 aliphatic carbocycles. The van der Waals surface area contributed by atoms with Crippen LogP contribution < -0.4 is 0 Å². The highest BCUT2D eigenvalue weighted by Crippen LogP contribution is 2.04. The molecule has 3 heteroatoms. The maximum atomic E-state index is 9.57. The van der Waals surface area contributed by atoms with Gasteiger partial charge in [0.1, 0.15) is 0 Å². The summed E-state index contributed by atoms with van der Waals surface area (Å²) in [5.41, 5.74) is 0. The number of hydrogen-bond acceptors (Lipinski definition) is 3. The summed E-state index contributed by atoms with van der Waals surface area (Å²) in [4.78, 5) is 2.28. The van der Waals surface area contributed by atoms with E-state index in [1.54, 1.807) is 7.11 Å². The normalized spacial score (nSPS) is 15.9. The van der Waals surface area contributed by atoms with Crippen LogP contribution >= 0.6 is 0 Å². The molecule has 2 atom stereocenters. The van der Waals surface area contributed by atoms with Crippen molar-refractivity contribution in [1.82, 2.24) is 4.90 Å². The van der Waals surface area contributed by atoms with Gasteiger partial charge in [-0.25, -0.2) is 0 Å². The zero-order valence-electron chi connectivity index (χ0n) is 9.99. The minimum atomic E-state index is -0.357. The fraction of sp³-hybridized carbons (Fsp3) is 1.00. The summed E-state index contributed by atoms with van der Waals surface area (Å²) >= 11 is 0. The van der Waals surface area contributed by atoms with E-state index in [0.29, 0.717) is 19.1 Å². The lowest BCUT2D eigenvalue weighted by Gasteiger charge is -2.25. The van der Waals surface area contributed by atoms with Gasteiger partial charge in [0.15, 0.2) is 0 Å². The maximum Gasteiger partial charge on any atom is 0.0900 e. The smallest absolute Gasteiger partial charge is 0.0900 e. The molecule has 0 saturated carbocycles. The highest BCUT2D eigenvalue weighted by atomic mass is 16.5. The Morgan fingerprint density at radius 2 is 1.93 bits per heavy atom. The second-order valence-electron chi connectivity index (χ2n) is 3.97. The minimum absolute atomic E-state index is 0.357. The Balaban J connectivity index is 3.77. The number of aliphatic hydroxyl groups is 1. The quantitative estimate of drug-likeness (QED) is 0.646. The molecule has 86 valence electrons. The van der Waals surface area contributed by atoms with E-state index in [-0.39, 0.29) is 6.10 Å². The highest BCUT2D eigenvalue weighted by Gasteiger charge is 2.11. The lowest BCUT2D eigenvalue weighted by molar-refractivity contribution is 0.0358. The highest BCUT2D eigenvalue weighted by molar-refractivity contribution is 4.65. The van der Waals surface area contributed by atoms with Crippen LogP contribution in [-0.4, -0.2) is 49.5 Å². The first-order valence-corrected chi connectivity index (χ1v) is 5.53. The lowest BCUT2D eigenvalue weighted by atomic mass is 10.1. The zero-order chi connectivity index (χ0) is 11.0. The third-order valence-corrected chi connectivity index (χ3v) is 2.54. The Bertz CT molecular complexity index is 130. The SMILES string of the molecule is CCC(C)CN(CC)CC(O)COC. The number of ether oxygens (including phenoxy) is 1. The van der Waals surface area contributed by atoms with Crippen molar-refractivity contribution in [1.29, 1.82) is 0 Å². The maximum absolute atomic E-state index is 9.57.